The van der Waals surface area contributed by atoms with Crippen LogP contribution in [0.5, 0.6) is 0 Å². The molecule has 2 atom stereocenters. The van der Waals surface area contributed by atoms with Gasteiger partial charge in [-0.1, -0.05) is 19.1 Å². The topological polar surface area (TPSA) is 70.1 Å². The number of aliphatic imine (C=N–C) groups is 1. The van der Waals surface area contributed by atoms with E-state index in [1.165, 1.54) is 24.4 Å². The number of hydrogen-bond donors (Lipinski definition) is 2. The summed E-state index contributed by atoms with van der Waals surface area (Å²) in [5, 5.41) is 3.43. The molecule has 3 heterocycles. The molecule has 0 saturated carbocycles. The van der Waals surface area contributed by atoms with Gasteiger partial charge in [0.05, 0.1) is 6.04 Å². The van der Waals surface area contributed by atoms with Crippen molar-refractivity contribution in [3.05, 3.63) is 99.2 Å². The minimum atomic E-state index is -0.907. The third-order valence-electron chi connectivity index (χ3n) is 5.38. The van der Waals surface area contributed by atoms with Crippen LogP contribution in [0, 0.1) is 11.8 Å². The van der Waals surface area contributed by atoms with E-state index in [1.54, 1.807) is 30.5 Å². The van der Waals surface area contributed by atoms with Crippen LogP contribution in [0.1, 0.15) is 36.1 Å². The van der Waals surface area contributed by atoms with E-state index < -0.39 is 11.5 Å². The van der Waals surface area contributed by atoms with E-state index in [0.29, 0.717) is 23.4 Å². The van der Waals surface area contributed by atoms with Crippen molar-refractivity contribution in [2.75, 3.05) is 0 Å². The Morgan fingerprint density at radius 1 is 1.10 bits per heavy atom. The Kier molecular flexibility index (Phi) is 4.74. The molecule has 29 heavy (non-hydrogen) atoms. The van der Waals surface area contributed by atoms with Crippen molar-refractivity contribution >= 4 is 5.84 Å². The van der Waals surface area contributed by atoms with Gasteiger partial charge in [-0.2, -0.15) is 4.39 Å². The van der Waals surface area contributed by atoms with Crippen LogP contribution in [-0.2, 0) is 12.0 Å². The highest BCUT2D eigenvalue weighted by molar-refractivity contribution is 6.01. The zero-order valence-corrected chi connectivity index (χ0v) is 16.0. The van der Waals surface area contributed by atoms with Crippen molar-refractivity contribution < 1.29 is 8.78 Å². The number of halogens is 2. The number of amidine groups is 1. The number of rotatable bonds is 4. The van der Waals surface area contributed by atoms with Crippen LogP contribution < -0.4 is 10.9 Å². The molecule has 1 aliphatic rings. The minimum Gasteiger partial charge on any atom is -0.354 e. The van der Waals surface area contributed by atoms with E-state index in [1.807, 2.05) is 13.8 Å². The van der Waals surface area contributed by atoms with Gasteiger partial charge in [0.1, 0.15) is 17.2 Å². The predicted molar refractivity (Wildman–Crippen MR) is 107 cm³/mol. The molecule has 4 rings (SSSR count). The Morgan fingerprint density at radius 2 is 1.86 bits per heavy atom. The van der Waals surface area contributed by atoms with E-state index in [-0.39, 0.29) is 17.4 Å². The molecular formula is C22H20F2N4O. The van der Waals surface area contributed by atoms with Gasteiger partial charge in [-0.3, -0.25) is 9.79 Å². The van der Waals surface area contributed by atoms with Crippen molar-refractivity contribution in [2.45, 2.75) is 31.8 Å². The highest BCUT2D eigenvalue weighted by Gasteiger charge is 2.45. The van der Waals surface area contributed by atoms with E-state index in [2.05, 4.69) is 15.3 Å². The van der Waals surface area contributed by atoms with Gasteiger partial charge >= 0.3 is 0 Å². The van der Waals surface area contributed by atoms with Gasteiger partial charge in [-0.15, -0.1) is 0 Å². The largest absolute Gasteiger partial charge is 0.354 e. The Balaban J connectivity index is 1.85. The third-order valence-corrected chi connectivity index (χ3v) is 5.38. The Labute approximate surface area is 166 Å². The summed E-state index contributed by atoms with van der Waals surface area (Å²) in [7, 11) is 0. The van der Waals surface area contributed by atoms with E-state index >= 15 is 0 Å². The number of aromatic amines is 1. The summed E-state index contributed by atoms with van der Waals surface area (Å²) in [5.41, 5.74) is 1.71. The molecule has 1 aromatic carbocycles. The molecule has 148 valence electrons. The van der Waals surface area contributed by atoms with Crippen LogP contribution in [0.15, 0.2) is 64.6 Å². The fourth-order valence-electron chi connectivity index (χ4n) is 3.84. The minimum absolute atomic E-state index is 0.135. The second-order valence-electron chi connectivity index (χ2n) is 7.06. The van der Waals surface area contributed by atoms with Gasteiger partial charge in [0.15, 0.2) is 0 Å². The van der Waals surface area contributed by atoms with Gasteiger partial charge in [-0.05, 0) is 54.8 Å². The summed E-state index contributed by atoms with van der Waals surface area (Å²) >= 11 is 0. The molecule has 0 spiro atoms. The number of aryl methyl sites for hydroxylation is 1. The van der Waals surface area contributed by atoms with Crippen molar-refractivity contribution in [2.24, 2.45) is 4.99 Å². The second kappa shape index (κ2) is 7.24. The number of hydrogen-bond acceptors (Lipinski definition) is 4. The average molecular weight is 394 g/mol. The predicted octanol–water partition coefficient (Wildman–Crippen LogP) is 3.29. The van der Waals surface area contributed by atoms with Crippen LogP contribution in [0.25, 0.3) is 0 Å². The zero-order chi connectivity index (χ0) is 20.6. The van der Waals surface area contributed by atoms with Gasteiger partial charge in [0, 0.05) is 23.5 Å². The lowest BCUT2D eigenvalue weighted by Crippen LogP contribution is -2.48. The maximum absolute atomic E-state index is 14.0. The summed E-state index contributed by atoms with van der Waals surface area (Å²) in [6.45, 7) is 3.82. The summed E-state index contributed by atoms with van der Waals surface area (Å²) < 4.78 is 27.6. The molecule has 1 aliphatic heterocycles. The molecule has 0 aliphatic carbocycles. The zero-order valence-electron chi connectivity index (χ0n) is 16.0. The van der Waals surface area contributed by atoms with Crippen molar-refractivity contribution in [1.82, 2.24) is 15.3 Å². The lowest BCUT2D eigenvalue weighted by molar-refractivity contribution is 0.429. The Bertz CT molecular complexity index is 1140. The molecule has 2 N–H and O–H groups in total. The normalized spacial score (nSPS) is 21.0. The highest BCUT2D eigenvalue weighted by atomic mass is 19.1. The second-order valence-corrected chi connectivity index (χ2v) is 7.06. The standard InChI is InChI=1S/C22H20F2N4O/c1-3-14-10-15(12-26-21(14)29)20-27-13(2)22(28-20,16-4-6-18(23)7-5-16)17-8-9-25-19(24)11-17/h4-13H,3H2,1-2H3,(H,26,29)(H,27,28)/t13-,22-/m0/s1. The third kappa shape index (κ3) is 3.22. The number of aromatic nitrogens is 2. The number of nitrogens with zero attached hydrogens (tertiary/aromatic N) is 2. The summed E-state index contributed by atoms with van der Waals surface area (Å²) in [6, 6.07) is 10.6. The number of H-pyrrole nitrogens is 1. The molecule has 5 nitrogen and oxygen atoms in total. The molecular weight excluding hydrogens is 374 g/mol. The molecule has 0 bridgehead atoms. The molecule has 0 saturated heterocycles. The van der Waals surface area contributed by atoms with Crippen LogP contribution in [0.4, 0.5) is 8.78 Å². The lowest BCUT2D eigenvalue weighted by atomic mass is 9.78. The first-order chi connectivity index (χ1) is 13.9. The SMILES string of the molecule is CCc1cc(C2=N[C@@H](C)[C@](c3ccc(F)cc3)(c3ccnc(F)c3)N2)c[nH]c1=O. The molecule has 3 aromatic rings. The Hall–Kier alpha value is -3.35. The quantitative estimate of drug-likeness (QED) is 0.667. The van der Waals surface area contributed by atoms with Gasteiger partial charge in [-0.25, -0.2) is 9.37 Å². The van der Waals surface area contributed by atoms with E-state index in [4.69, 9.17) is 4.99 Å². The monoisotopic (exact) mass is 394 g/mol. The van der Waals surface area contributed by atoms with Crippen molar-refractivity contribution in [3.63, 3.8) is 0 Å². The maximum Gasteiger partial charge on any atom is 0.251 e. The number of nitrogens with one attached hydrogen (secondary N) is 2. The first-order valence-electron chi connectivity index (χ1n) is 9.40. The van der Waals surface area contributed by atoms with Crippen LogP contribution >= 0.6 is 0 Å². The van der Waals surface area contributed by atoms with Crippen molar-refractivity contribution in [3.8, 4) is 0 Å². The van der Waals surface area contributed by atoms with E-state index in [0.717, 1.165) is 11.1 Å². The van der Waals surface area contributed by atoms with Gasteiger partial charge in [0.25, 0.3) is 5.56 Å². The van der Waals surface area contributed by atoms with Crippen LogP contribution in [-0.4, -0.2) is 21.8 Å². The number of pyridine rings is 2. The van der Waals surface area contributed by atoms with Crippen LogP contribution in [0.3, 0.4) is 0 Å². The lowest BCUT2D eigenvalue weighted by Gasteiger charge is -2.35. The van der Waals surface area contributed by atoms with Crippen molar-refractivity contribution in [1.29, 1.82) is 0 Å². The Morgan fingerprint density at radius 3 is 2.55 bits per heavy atom. The molecule has 0 unspecified atom stereocenters. The molecule has 7 heteroatoms. The smallest absolute Gasteiger partial charge is 0.251 e. The van der Waals surface area contributed by atoms with Gasteiger partial charge in [0.2, 0.25) is 5.95 Å². The summed E-state index contributed by atoms with van der Waals surface area (Å²) in [6.07, 6.45) is 3.59. The highest BCUT2D eigenvalue weighted by Crippen LogP contribution is 2.38. The maximum atomic E-state index is 14.0. The fraction of sp³-hybridized carbons (Fsp3) is 0.227. The summed E-state index contributed by atoms with van der Waals surface area (Å²) in [5.74, 6) is -0.390. The first-order valence-corrected chi connectivity index (χ1v) is 9.40. The molecule has 2 aromatic heterocycles. The average Bonchev–Trinajstić information content (AvgIpc) is 3.07. The van der Waals surface area contributed by atoms with Crippen LogP contribution in [0.2, 0.25) is 0 Å². The summed E-state index contributed by atoms with van der Waals surface area (Å²) in [4.78, 5) is 23.1. The van der Waals surface area contributed by atoms with E-state index in [9.17, 15) is 13.6 Å². The molecule has 0 amide bonds. The van der Waals surface area contributed by atoms with Gasteiger partial charge < -0.3 is 10.3 Å². The molecule has 0 radical (unpaired) electrons. The number of benzene rings is 1. The fourth-order valence-corrected chi connectivity index (χ4v) is 3.84. The first kappa shape index (κ1) is 19.0. The molecule has 0 fully saturated rings.